The molecule has 0 N–H and O–H groups in total. The number of aromatic nitrogens is 3. The van der Waals surface area contributed by atoms with Crippen molar-refractivity contribution >= 4 is 15.9 Å². The average Bonchev–Trinajstić information content (AvgIpc) is 2.85. The van der Waals surface area contributed by atoms with Gasteiger partial charge in [-0.15, -0.1) is 5.10 Å². The molecule has 0 bridgehead atoms. The molecule has 0 radical (unpaired) electrons. The molecular formula is C11H20N4O3S. The normalized spacial score (nSPS) is 11.8. The van der Waals surface area contributed by atoms with Crippen molar-refractivity contribution in [3.63, 3.8) is 0 Å². The van der Waals surface area contributed by atoms with Gasteiger partial charge in [0.1, 0.15) is 6.33 Å². The number of carbonyl (C=O) groups excluding carboxylic acids is 1. The Morgan fingerprint density at radius 1 is 1.42 bits per heavy atom. The first-order valence-corrected chi connectivity index (χ1v) is 7.84. The van der Waals surface area contributed by atoms with Crippen LogP contribution >= 0.6 is 0 Å². The lowest BCUT2D eigenvalue weighted by Gasteiger charge is -2.18. The van der Waals surface area contributed by atoms with E-state index in [1.54, 1.807) is 18.7 Å². The average molecular weight is 288 g/mol. The summed E-state index contributed by atoms with van der Waals surface area (Å²) in [6.07, 6.45) is 1.97. The van der Waals surface area contributed by atoms with Gasteiger partial charge in [-0.25, -0.2) is 18.2 Å². The molecule has 8 heteroatoms. The fraction of sp³-hybridized carbons (Fsp3) is 0.727. The van der Waals surface area contributed by atoms with Crippen LogP contribution in [0.3, 0.4) is 0 Å². The van der Waals surface area contributed by atoms with Crippen LogP contribution in [0.25, 0.3) is 0 Å². The molecule has 0 unspecified atom stereocenters. The van der Waals surface area contributed by atoms with Gasteiger partial charge in [-0.3, -0.25) is 0 Å². The molecule has 1 aromatic heterocycles. The molecule has 108 valence electrons. The van der Waals surface area contributed by atoms with Gasteiger partial charge in [0.15, 0.2) is 0 Å². The summed E-state index contributed by atoms with van der Waals surface area (Å²) < 4.78 is 24.7. The molecule has 0 saturated carbocycles. The SMILES string of the molecule is CCCN(CC)C(=O)n1cnc(S(=O)(=O)C(C)C)n1. The second kappa shape index (κ2) is 6.14. The number of hydrogen-bond donors (Lipinski definition) is 0. The maximum absolute atomic E-state index is 12.1. The van der Waals surface area contributed by atoms with Crippen LogP contribution in [-0.2, 0) is 9.84 Å². The zero-order valence-electron chi connectivity index (χ0n) is 11.7. The lowest BCUT2D eigenvalue weighted by atomic mass is 10.4. The van der Waals surface area contributed by atoms with E-state index in [0.717, 1.165) is 17.4 Å². The Morgan fingerprint density at radius 2 is 2.05 bits per heavy atom. The van der Waals surface area contributed by atoms with E-state index in [1.807, 2.05) is 13.8 Å². The van der Waals surface area contributed by atoms with Crippen LogP contribution in [0.4, 0.5) is 4.79 Å². The minimum Gasteiger partial charge on any atom is -0.323 e. The van der Waals surface area contributed by atoms with Crippen molar-refractivity contribution in [2.75, 3.05) is 13.1 Å². The monoisotopic (exact) mass is 288 g/mol. The second-order valence-electron chi connectivity index (χ2n) is 4.43. The highest BCUT2D eigenvalue weighted by Crippen LogP contribution is 2.10. The van der Waals surface area contributed by atoms with E-state index in [4.69, 9.17) is 0 Å². The van der Waals surface area contributed by atoms with Gasteiger partial charge >= 0.3 is 6.03 Å². The number of hydrogen-bond acceptors (Lipinski definition) is 5. The summed E-state index contributed by atoms with van der Waals surface area (Å²) >= 11 is 0. The quantitative estimate of drug-likeness (QED) is 0.811. The Morgan fingerprint density at radius 3 is 2.53 bits per heavy atom. The summed E-state index contributed by atoms with van der Waals surface area (Å²) in [7, 11) is -3.55. The highest BCUT2D eigenvalue weighted by Gasteiger charge is 2.25. The van der Waals surface area contributed by atoms with Gasteiger partial charge in [-0.2, -0.15) is 4.68 Å². The standard InChI is InChI=1S/C11H20N4O3S/c1-5-7-14(6-2)11(16)15-8-12-10(13-15)19(17,18)9(3)4/h8-9H,5-7H2,1-4H3. The third kappa shape index (κ3) is 3.31. The molecule has 7 nitrogen and oxygen atoms in total. The van der Waals surface area contributed by atoms with Gasteiger partial charge in [-0.05, 0) is 27.2 Å². The summed E-state index contributed by atoms with van der Waals surface area (Å²) in [6, 6.07) is -0.359. The highest BCUT2D eigenvalue weighted by molar-refractivity contribution is 7.91. The van der Waals surface area contributed by atoms with Gasteiger partial charge in [0.25, 0.3) is 5.16 Å². The first-order valence-electron chi connectivity index (χ1n) is 6.29. The smallest absolute Gasteiger partial charge is 0.323 e. The lowest BCUT2D eigenvalue weighted by molar-refractivity contribution is 0.198. The molecule has 0 spiro atoms. The van der Waals surface area contributed by atoms with Gasteiger partial charge in [-0.1, -0.05) is 6.92 Å². The zero-order valence-corrected chi connectivity index (χ0v) is 12.5. The maximum Gasteiger partial charge on any atom is 0.346 e. The lowest BCUT2D eigenvalue weighted by Crippen LogP contribution is -2.35. The van der Waals surface area contributed by atoms with Crippen molar-refractivity contribution in [1.29, 1.82) is 0 Å². The number of rotatable bonds is 5. The van der Waals surface area contributed by atoms with E-state index in [0.29, 0.717) is 13.1 Å². The Balaban J connectivity index is 3.00. The highest BCUT2D eigenvalue weighted by atomic mass is 32.2. The van der Waals surface area contributed by atoms with Gasteiger partial charge in [0.05, 0.1) is 5.25 Å². The van der Waals surface area contributed by atoms with Crippen molar-refractivity contribution in [3.8, 4) is 0 Å². The summed E-state index contributed by atoms with van der Waals surface area (Å²) in [5, 5.41) is 2.86. The molecule has 1 amide bonds. The van der Waals surface area contributed by atoms with Gasteiger partial charge in [0, 0.05) is 13.1 Å². The van der Waals surface area contributed by atoms with E-state index in [2.05, 4.69) is 10.1 Å². The largest absolute Gasteiger partial charge is 0.346 e. The van der Waals surface area contributed by atoms with Crippen LogP contribution in [0.15, 0.2) is 11.5 Å². The predicted octanol–water partition coefficient (Wildman–Crippen LogP) is 1.16. The number of sulfone groups is 1. The second-order valence-corrected chi connectivity index (χ2v) is 6.83. The summed E-state index contributed by atoms with van der Waals surface area (Å²) in [6.45, 7) is 8.06. The Bertz CT molecular complexity index is 536. The molecule has 0 aliphatic carbocycles. The Kier molecular flexibility index (Phi) is 5.04. The summed E-state index contributed by atoms with van der Waals surface area (Å²) in [5.74, 6) is 0. The van der Waals surface area contributed by atoms with Crippen molar-refractivity contribution in [3.05, 3.63) is 6.33 Å². The first-order chi connectivity index (χ1) is 8.84. The van der Waals surface area contributed by atoms with Crippen molar-refractivity contribution < 1.29 is 13.2 Å². The fourth-order valence-corrected chi connectivity index (χ4v) is 2.30. The van der Waals surface area contributed by atoms with E-state index in [1.165, 1.54) is 0 Å². The molecule has 0 aliphatic rings. The van der Waals surface area contributed by atoms with Crippen molar-refractivity contribution in [1.82, 2.24) is 19.7 Å². The Hall–Kier alpha value is -1.44. The van der Waals surface area contributed by atoms with Crippen LogP contribution < -0.4 is 0 Å². The van der Waals surface area contributed by atoms with E-state index >= 15 is 0 Å². The molecule has 1 rings (SSSR count). The number of nitrogens with zero attached hydrogens (tertiary/aromatic N) is 4. The molecule has 0 aliphatic heterocycles. The van der Waals surface area contributed by atoms with Crippen LogP contribution in [-0.4, -0.2) is 52.5 Å². The number of carbonyl (C=O) groups is 1. The molecule has 0 fully saturated rings. The Labute approximate surface area is 113 Å². The third-order valence-electron chi connectivity index (χ3n) is 2.69. The van der Waals surface area contributed by atoms with E-state index in [-0.39, 0.29) is 11.2 Å². The summed E-state index contributed by atoms with van der Waals surface area (Å²) in [5.41, 5.74) is 0. The summed E-state index contributed by atoms with van der Waals surface area (Å²) in [4.78, 5) is 17.4. The van der Waals surface area contributed by atoms with Crippen LogP contribution in [0, 0.1) is 0 Å². The topological polar surface area (TPSA) is 85.2 Å². The molecule has 19 heavy (non-hydrogen) atoms. The van der Waals surface area contributed by atoms with Crippen LogP contribution in [0.2, 0.25) is 0 Å². The molecule has 0 atom stereocenters. The molecule has 0 saturated heterocycles. The van der Waals surface area contributed by atoms with Crippen molar-refractivity contribution in [2.45, 2.75) is 44.5 Å². The van der Waals surface area contributed by atoms with E-state index < -0.39 is 15.1 Å². The van der Waals surface area contributed by atoms with Crippen molar-refractivity contribution in [2.24, 2.45) is 0 Å². The molecule has 1 heterocycles. The van der Waals surface area contributed by atoms with E-state index in [9.17, 15) is 13.2 Å². The molecule has 0 aromatic carbocycles. The van der Waals surface area contributed by atoms with Gasteiger partial charge < -0.3 is 4.90 Å². The minimum atomic E-state index is -3.55. The number of amides is 1. The van der Waals surface area contributed by atoms with Crippen LogP contribution in [0.1, 0.15) is 34.1 Å². The maximum atomic E-state index is 12.1. The molecular weight excluding hydrogens is 268 g/mol. The predicted molar refractivity (Wildman–Crippen MR) is 70.7 cm³/mol. The fourth-order valence-electron chi connectivity index (χ4n) is 1.49. The minimum absolute atomic E-state index is 0.302. The first kappa shape index (κ1) is 15.6. The molecule has 1 aromatic rings. The zero-order chi connectivity index (χ0) is 14.6. The van der Waals surface area contributed by atoms with Gasteiger partial charge in [0.2, 0.25) is 9.84 Å². The third-order valence-corrected chi connectivity index (χ3v) is 4.62. The van der Waals surface area contributed by atoms with Crippen LogP contribution in [0.5, 0.6) is 0 Å².